The van der Waals surface area contributed by atoms with Gasteiger partial charge in [0.1, 0.15) is 11.5 Å². The number of amides is 1. The molecule has 0 bridgehead atoms. The van der Waals surface area contributed by atoms with Crippen molar-refractivity contribution in [1.29, 1.82) is 0 Å². The Morgan fingerprint density at radius 3 is 2.43 bits per heavy atom. The lowest BCUT2D eigenvalue weighted by Crippen LogP contribution is -2.26. The molecular weight excluding hydrogens is 356 g/mol. The molecule has 0 aliphatic heterocycles. The maximum absolute atomic E-state index is 12.5. The molecule has 1 aromatic carbocycles. The van der Waals surface area contributed by atoms with Gasteiger partial charge in [0.05, 0.1) is 19.9 Å². The summed E-state index contributed by atoms with van der Waals surface area (Å²) in [5.41, 5.74) is 3.55. The zero-order valence-corrected chi connectivity index (χ0v) is 16.5. The number of hydrogen-bond donors (Lipinski definition) is 1. The largest absolute Gasteiger partial charge is 0.497 e. The van der Waals surface area contributed by atoms with Gasteiger partial charge in [-0.25, -0.2) is 9.67 Å². The molecule has 0 fully saturated rings. The molecule has 0 aliphatic carbocycles. The minimum Gasteiger partial charge on any atom is -0.497 e. The molecule has 0 aliphatic rings. The van der Waals surface area contributed by atoms with Gasteiger partial charge in [-0.2, -0.15) is 5.10 Å². The Morgan fingerprint density at radius 2 is 1.82 bits per heavy atom. The van der Waals surface area contributed by atoms with Gasteiger partial charge < -0.3 is 14.8 Å². The van der Waals surface area contributed by atoms with Crippen LogP contribution in [0.5, 0.6) is 11.5 Å². The zero-order valence-electron chi connectivity index (χ0n) is 16.5. The van der Waals surface area contributed by atoms with Crippen LogP contribution < -0.4 is 14.8 Å². The second-order valence-electron chi connectivity index (χ2n) is 6.36. The van der Waals surface area contributed by atoms with Crippen LogP contribution in [0.2, 0.25) is 0 Å². The van der Waals surface area contributed by atoms with E-state index in [9.17, 15) is 4.79 Å². The Morgan fingerprint density at radius 1 is 1.11 bits per heavy atom. The van der Waals surface area contributed by atoms with Gasteiger partial charge >= 0.3 is 0 Å². The first kappa shape index (κ1) is 19.4. The molecular formula is C21H24N4O3. The van der Waals surface area contributed by atoms with Crippen LogP contribution in [0, 0.1) is 13.8 Å². The fraction of sp³-hybridized carbons (Fsp3) is 0.286. The van der Waals surface area contributed by atoms with Crippen LogP contribution >= 0.6 is 0 Å². The number of aryl methyl sites for hydroxylation is 1. The molecule has 3 rings (SSSR count). The lowest BCUT2D eigenvalue weighted by molar-refractivity contribution is 0.0953. The average Bonchev–Trinajstić information content (AvgIpc) is 3.02. The SMILES string of the molecule is COc1cc(OC)cc(C(=O)NCCc2c(C)nn(-c3ccccn3)c2C)c1. The number of methoxy groups -OCH3 is 2. The number of benzene rings is 1. The summed E-state index contributed by atoms with van der Waals surface area (Å²) in [5.74, 6) is 1.76. The van der Waals surface area contributed by atoms with Crippen LogP contribution in [0.15, 0.2) is 42.6 Å². The molecule has 1 N–H and O–H groups in total. The molecule has 7 heteroatoms. The molecule has 0 atom stereocenters. The van der Waals surface area contributed by atoms with E-state index in [0.717, 1.165) is 22.8 Å². The summed E-state index contributed by atoms with van der Waals surface area (Å²) in [6, 6.07) is 10.8. The number of hydrogen-bond acceptors (Lipinski definition) is 5. The number of nitrogens with zero attached hydrogens (tertiary/aromatic N) is 3. The van der Waals surface area contributed by atoms with Gasteiger partial charge in [0.2, 0.25) is 0 Å². The standard InChI is InChI=1S/C21H24N4O3/c1-14-19(15(2)25(24-14)20-7-5-6-9-22-20)8-10-23-21(26)16-11-17(27-3)13-18(12-16)28-4/h5-7,9,11-13H,8,10H2,1-4H3,(H,23,26). The van der Waals surface area contributed by atoms with Crippen molar-refractivity contribution in [3.63, 3.8) is 0 Å². The fourth-order valence-electron chi connectivity index (χ4n) is 3.08. The van der Waals surface area contributed by atoms with Crippen LogP contribution in [0.4, 0.5) is 0 Å². The predicted molar refractivity (Wildman–Crippen MR) is 106 cm³/mol. The van der Waals surface area contributed by atoms with Crippen molar-refractivity contribution in [2.75, 3.05) is 20.8 Å². The van der Waals surface area contributed by atoms with E-state index in [1.807, 2.05) is 36.7 Å². The van der Waals surface area contributed by atoms with Gasteiger partial charge in [0.25, 0.3) is 5.91 Å². The van der Waals surface area contributed by atoms with E-state index in [2.05, 4.69) is 15.4 Å². The van der Waals surface area contributed by atoms with Crippen molar-refractivity contribution in [2.45, 2.75) is 20.3 Å². The highest BCUT2D eigenvalue weighted by atomic mass is 16.5. The Kier molecular flexibility index (Phi) is 5.93. The summed E-state index contributed by atoms with van der Waals surface area (Å²) in [4.78, 5) is 16.9. The van der Waals surface area contributed by atoms with Gasteiger partial charge in [0, 0.05) is 30.1 Å². The van der Waals surface area contributed by atoms with Crippen LogP contribution in [-0.2, 0) is 6.42 Å². The first-order valence-electron chi connectivity index (χ1n) is 9.01. The maximum Gasteiger partial charge on any atom is 0.251 e. The third-order valence-electron chi connectivity index (χ3n) is 4.58. The van der Waals surface area contributed by atoms with Crippen molar-refractivity contribution < 1.29 is 14.3 Å². The summed E-state index contributed by atoms with van der Waals surface area (Å²) in [6.07, 6.45) is 2.42. The Labute approximate surface area is 164 Å². The molecule has 1 amide bonds. The smallest absolute Gasteiger partial charge is 0.251 e. The first-order valence-corrected chi connectivity index (χ1v) is 9.01. The minimum atomic E-state index is -0.176. The third-order valence-corrected chi connectivity index (χ3v) is 4.58. The second-order valence-corrected chi connectivity index (χ2v) is 6.36. The van der Waals surface area contributed by atoms with Gasteiger partial charge in [-0.1, -0.05) is 6.07 Å². The Hall–Kier alpha value is -3.35. The van der Waals surface area contributed by atoms with Gasteiger partial charge in [-0.05, 0) is 50.1 Å². The molecule has 3 aromatic rings. The molecule has 28 heavy (non-hydrogen) atoms. The van der Waals surface area contributed by atoms with E-state index < -0.39 is 0 Å². The van der Waals surface area contributed by atoms with Crippen LogP contribution in [0.25, 0.3) is 5.82 Å². The number of rotatable bonds is 7. The summed E-state index contributed by atoms with van der Waals surface area (Å²) in [5, 5.41) is 7.54. The number of nitrogens with one attached hydrogen (secondary N) is 1. The molecule has 146 valence electrons. The van der Waals surface area contributed by atoms with Gasteiger partial charge in [-0.3, -0.25) is 4.79 Å². The molecule has 2 aromatic heterocycles. The minimum absolute atomic E-state index is 0.176. The predicted octanol–water partition coefficient (Wildman–Crippen LogP) is 2.87. The summed E-state index contributed by atoms with van der Waals surface area (Å²) in [7, 11) is 3.11. The van der Waals surface area contributed by atoms with Crippen molar-refractivity contribution in [1.82, 2.24) is 20.1 Å². The normalized spacial score (nSPS) is 10.6. The second kappa shape index (κ2) is 8.56. The van der Waals surface area contributed by atoms with Crippen molar-refractivity contribution in [2.24, 2.45) is 0 Å². The average molecular weight is 380 g/mol. The highest BCUT2D eigenvalue weighted by molar-refractivity contribution is 5.95. The molecule has 0 saturated carbocycles. The van der Waals surface area contributed by atoms with Crippen LogP contribution in [-0.4, -0.2) is 41.4 Å². The summed E-state index contributed by atoms with van der Waals surface area (Å²) >= 11 is 0. The number of carbonyl (C=O) groups excluding carboxylic acids is 1. The van der Waals surface area contributed by atoms with Crippen molar-refractivity contribution >= 4 is 5.91 Å². The Balaban J connectivity index is 1.69. The fourth-order valence-corrected chi connectivity index (χ4v) is 3.08. The van der Waals surface area contributed by atoms with E-state index in [0.29, 0.717) is 30.0 Å². The highest BCUT2D eigenvalue weighted by Gasteiger charge is 2.14. The Bertz CT molecular complexity index is 945. The molecule has 0 radical (unpaired) electrons. The zero-order chi connectivity index (χ0) is 20.1. The number of ether oxygens (including phenoxy) is 2. The topological polar surface area (TPSA) is 78.3 Å². The molecule has 0 spiro atoms. The molecule has 2 heterocycles. The summed E-state index contributed by atoms with van der Waals surface area (Å²) < 4.78 is 12.3. The lowest BCUT2D eigenvalue weighted by Gasteiger charge is -2.09. The van der Waals surface area contributed by atoms with E-state index in [1.54, 1.807) is 38.6 Å². The van der Waals surface area contributed by atoms with Crippen molar-refractivity contribution in [3.05, 3.63) is 65.1 Å². The van der Waals surface area contributed by atoms with Gasteiger partial charge in [-0.15, -0.1) is 0 Å². The quantitative estimate of drug-likeness (QED) is 0.682. The van der Waals surface area contributed by atoms with E-state index in [4.69, 9.17) is 9.47 Å². The highest BCUT2D eigenvalue weighted by Crippen LogP contribution is 2.22. The summed E-state index contributed by atoms with van der Waals surface area (Å²) in [6.45, 7) is 4.48. The molecule has 0 saturated heterocycles. The van der Waals surface area contributed by atoms with E-state index >= 15 is 0 Å². The molecule has 7 nitrogen and oxygen atoms in total. The molecule has 0 unspecified atom stereocenters. The van der Waals surface area contributed by atoms with Crippen LogP contribution in [0.1, 0.15) is 27.3 Å². The maximum atomic E-state index is 12.5. The van der Waals surface area contributed by atoms with Crippen molar-refractivity contribution in [3.8, 4) is 17.3 Å². The van der Waals surface area contributed by atoms with E-state index in [-0.39, 0.29) is 5.91 Å². The monoisotopic (exact) mass is 380 g/mol. The number of carbonyl (C=O) groups is 1. The number of aromatic nitrogens is 3. The third kappa shape index (κ3) is 4.14. The lowest BCUT2D eigenvalue weighted by atomic mass is 10.1. The van der Waals surface area contributed by atoms with E-state index in [1.165, 1.54) is 0 Å². The number of pyridine rings is 1. The van der Waals surface area contributed by atoms with Gasteiger partial charge in [0.15, 0.2) is 5.82 Å². The first-order chi connectivity index (χ1) is 13.5. The van der Waals surface area contributed by atoms with Crippen LogP contribution in [0.3, 0.4) is 0 Å².